The Bertz CT molecular complexity index is 3220. The average Bonchev–Trinajstić information content (AvgIpc) is 3.66. The SMILES string of the molecule is c1ccc(-c2ccc(N(c3ccc(-c4cc5ccccc5c5ccccc45)cc3)c3cc4c5cccc(-c6ccccc6)c5oc4c4ccccc34)cc2)cc1. The number of nitrogens with zero attached hydrogens (tertiary/aromatic N) is 1. The standard InChI is InChI=1S/C54H35NO/c1-3-14-36(15-4-1)37-26-30-41(31-27-37)55(42-32-28-39(29-33-42)50-34-40-18-7-8-19-43(40)45-20-9-10-21-46(45)50)52-35-51-49-25-13-24-44(38-16-5-2-6-17-38)53(49)56-54(51)48-23-12-11-22-47(48)52/h1-35H. The molecule has 0 spiro atoms. The predicted molar refractivity (Wildman–Crippen MR) is 237 cm³/mol. The van der Waals surface area contributed by atoms with Gasteiger partial charge >= 0.3 is 0 Å². The van der Waals surface area contributed by atoms with Crippen LogP contribution in [0, 0.1) is 0 Å². The minimum Gasteiger partial charge on any atom is -0.455 e. The van der Waals surface area contributed by atoms with Crippen LogP contribution in [0.25, 0.3) is 87.6 Å². The third-order valence-electron chi connectivity index (χ3n) is 11.2. The Balaban J connectivity index is 1.13. The Kier molecular flexibility index (Phi) is 7.53. The zero-order valence-corrected chi connectivity index (χ0v) is 30.6. The van der Waals surface area contributed by atoms with Crippen LogP contribution in [0.4, 0.5) is 17.1 Å². The second-order valence-electron chi connectivity index (χ2n) is 14.5. The Morgan fingerprint density at radius 2 is 0.786 bits per heavy atom. The van der Waals surface area contributed by atoms with Crippen LogP contribution in [0.15, 0.2) is 217 Å². The summed E-state index contributed by atoms with van der Waals surface area (Å²) in [4.78, 5) is 2.40. The molecule has 56 heavy (non-hydrogen) atoms. The van der Waals surface area contributed by atoms with Crippen molar-refractivity contribution in [1.29, 1.82) is 0 Å². The van der Waals surface area contributed by atoms with E-state index in [0.29, 0.717) is 0 Å². The van der Waals surface area contributed by atoms with Crippen molar-refractivity contribution < 1.29 is 4.42 Å². The number of benzene rings is 10. The Labute approximate surface area is 325 Å². The van der Waals surface area contributed by atoms with Crippen LogP contribution in [-0.2, 0) is 0 Å². The van der Waals surface area contributed by atoms with Crippen molar-refractivity contribution >= 4 is 71.3 Å². The molecule has 0 fully saturated rings. The topological polar surface area (TPSA) is 16.4 Å². The summed E-state index contributed by atoms with van der Waals surface area (Å²) < 4.78 is 6.87. The van der Waals surface area contributed by atoms with Gasteiger partial charge in [-0.15, -0.1) is 0 Å². The van der Waals surface area contributed by atoms with Crippen molar-refractivity contribution in [3.05, 3.63) is 212 Å². The molecule has 0 unspecified atom stereocenters. The molecular weight excluding hydrogens is 679 g/mol. The fourth-order valence-corrected chi connectivity index (χ4v) is 8.57. The van der Waals surface area contributed by atoms with Gasteiger partial charge in [0.25, 0.3) is 0 Å². The Morgan fingerprint density at radius 1 is 0.286 bits per heavy atom. The van der Waals surface area contributed by atoms with Crippen molar-refractivity contribution in [3.8, 4) is 33.4 Å². The monoisotopic (exact) mass is 713 g/mol. The van der Waals surface area contributed by atoms with Gasteiger partial charge in [0, 0.05) is 38.5 Å². The van der Waals surface area contributed by atoms with Crippen LogP contribution in [0.3, 0.4) is 0 Å². The maximum Gasteiger partial charge on any atom is 0.143 e. The van der Waals surface area contributed by atoms with E-state index >= 15 is 0 Å². The molecule has 0 radical (unpaired) electrons. The van der Waals surface area contributed by atoms with E-state index in [9.17, 15) is 0 Å². The minimum absolute atomic E-state index is 0.903. The molecule has 0 N–H and O–H groups in total. The maximum atomic E-state index is 6.87. The first-order valence-corrected chi connectivity index (χ1v) is 19.2. The van der Waals surface area contributed by atoms with E-state index in [1.807, 2.05) is 0 Å². The van der Waals surface area contributed by atoms with E-state index in [0.717, 1.165) is 60.9 Å². The molecule has 0 saturated heterocycles. The summed E-state index contributed by atoms with van der Waals surface area (Å²) in [7, 11) is 0. The third-order valence-corrected chi connectivity index (χ3v) is 11.2. The minimum atomic E-state index is 0.903. The fraction of sp³-hybridized carbons (Fsp3) is 0. The van der Waals surface area contributed by atoms with Crippen LogP contribution in [0.5, 0.6) is 0 Å². The summed E-state index contributed by atoms with van der Waals surface area (Å²) in [6, 6.07) is 76.4. The predicted octanol–water partition coefficient (Wildman–Crippen LogP) is 15.5. The molecule has 0 aliphatic carbocycles. The lowest BCUT2D eigenvalue weighted by atomic mass is 9.93. The van der Waals surface area contributed by atoms with Crippen molar-refractivity contribution in [2.75, 3.05) is 4.90 Å². The van der Waals surface area contributed by atoms with Crippen molar-refractivity contribution in [2.24, 2.45) is 0 Å². The highest BCUT2D eigenvalue weighted by molar-refractivity contribution is 6.21. The Hall–Kier alpha value is -7.42. The van der Waals surface area contributed by atoms with E-state index in [1.165, 1.54) is 43.8 Å². The molecule has 262 valence electrons. The largest absolute Gasteiger partial charge is 0.455 e. The Morgan fingerprint density at radius 3 is 1.50 bits per heavy atom. The lowest BCUT2D eigenvalue weighted by Crippen LogP contribution is -2.10. The summed E-state index contributed by atoms with van der Waals surface area (Å²) in [6.45, 7) is 0. The number of anilines is 3. The molecule has 2 nitrogen and oxygen atoms in total. The van der Waals surface area contributed by atoms with Gasteiger partial charge in [-0.25, -0.2) is 0 Å². The van der Waals surface area contributed by atoms with Crippen LogP contribution in [-0.4, -0.2) is 0 Å². The van der Waals surface area contributed by atoms with Gasteiger partial charge in [-0.3, -0.25) is 0 Å². The van der Waals surface area contributed by atoms with Gasteiger partial charge in [0.15, 0.2) is 0 Å². The molecule has 0 aliphatic rings. The first kappa shape index (κ1) is 32.0. The second-order valence-corrected chi connectivity index (χ2v) is 14.5. The lowest BCUT2D eigenvalue weighted by molar-refractivity contribution is 0.674. The van der Waals surface area contributed by atoms with Crippen LogP contribution in [0.2, 0.25) is 0 Å². The number of rotatable bonds is 6. The van der Waals surface area contributed by atoms with Gasteiger partial charge < -0.3 is 9.32 Å². The van der Waals surface area contributed by atoms with E-state index < -0.39 is 0 Å². The van der Waals surface area contributed by atoms with Crippen molar-refractivity contribution in [2.45, 2.75) is 0 Å². The zero-order chi connectivity index (χ0) is 37.0. The molecule has 0 bridgehead atoms. The quantitative estimate of drug-likeness (QED) is 0.160. The van der Waals surface area contributed by atoms with Crippen LogP contribution in [0.1, 0.15) is 0 Å². The van der Waals surface area contributed by atoms with E-state index in [2.05, 4.69) is 217 Å². The number of para-hydroxylation sites is 1. The fourth-order valence-electron chi connectivity index (χ4n) is 8.57. The first-order chi connectivity index (χ1) is 27.8. The molecule has 0 atom stereocenters. The number of furan rings is 1. The molecule has 11 rings (SSSR count). The van der Waals surface area contributed by atoms with Gasteiger partial charge in [0.2, 0.25) is 0 Å². The molecule has 11 aromatic rings. The maximum absolute atomic E-state index is 6.87. The summed E-state index contributed by atoms with van der Waals surface area (Å²) in [5.74, 6) is 0. The van der Waals surface area contributed by atoms with Crippen LogP contribution < -0.4 is 4.90 Å². The highest BCUT2D eigenvalue weighted by atomic mass is 16.3. The van der Waals surface area contributed by atoms with Gasteiger partial charge in [0.1, 0.15) is 11.2 Å². The van der Waals surface area contributed by atoms with Crippen molar-refractivity contribution in [3.63, 3.8) is 0 Å². The average molecular weight is 714 g/mol. The summed E-state index contributed by atoms with van der Waals surface area (Å²) in [5.41, 5.74) is 12.1. The van der Waals surface area contributed by atoms with Gasteiger partial charge in [0.05, 0.1) is 5.69 Å². The lowest BCUT2D eigenvalue weighted by Gasteiger charge is -2.27. The van der Waals surface area contributed by atoms with Gasteiger partial charge in [-0.2, -0.15) is 0 Å². The molecule has 1 aromatic heterocycles. The first-order valence-electron chi connectivity index (χ1n) is 19.2. The molecule has 10 aromatic carbocycles. The van der Waals surface area contributed by atoms with E-state index in [-0.39, 0.29) is 0 Å². The van der Waals surface area contributed by atoms with Gasteiger partial charge in [-0.1, -0.05) is 176 Å². The number of hydrogen-bond acceptors (Lipinski definition) is 2. The molecule has 0 saturated carbocycles. The number of fused-ring (bicyclic) bond motifs is 8. The molecular formula is C54H35NO. The van der Waals surface area contributed by atoms with E-state index in [4.69, 9.17) is 4.42 Å². The zero-order valence-electron chi connectivity index (χ0n) is 30.6. The third kappa shape index (κ3) is 5.26. The molecule has 1 heterocycles. The normalized spacial score (nSPS) is 11.6. The summed E-state index contributed by atoms with van der Waals surface area (Å²) >= 11 is 0. The van der Waals surface area contributed by atoms with Crippen molar-refractivity contribution in [1.82, 2.24) is 0 Å². The summed E-state index contributed by atoms with van der Waals surface area (Å²) in [5, 5.41) is 9.45. The summed E-state index contributed by atoms with van der Waals surface area (Å²) in [6.07, 6.45) is 0. The highest BCUT2D eigenvalue weighted by Crippen LogP contribution is 2.46. The molecule has 2 heteroatoms. The number of hydrogen-bond donors (Lipinski definition) is 0. The molecule has 0 amide bonds. The second kappa shape index (κ2) is 13.2. The van der Waals surface area contributed by atoms with Crippen LogP contribution >= 0.6 is 0 Å². The highest BCUT2D eigenvalue weighted by Gasteiger charge is 2.22. The van der Waals surface area contributed by atoms with Gasteiger partial charge in [-0.05, 0) is 85.8 Å². The smallest absolute Gasteiger partial charge is 0.143 e. The molecule has 0 aliphatic heterocycles. The van der Waals surface area contributed by atoms with E-state index in [1.54, 1.807) is 0 Å².